The molecule has 94 valence electrons. The number of para-hydroxylation sites is 1. The third-order valence-corrected chi connectivity index (χ3v) is 5.32. The molecule has 0 N–H and O–H groups in total. The summed E-state index contributed by atoms with van der Waals surface area (Å²) in [6.07, 6.45) is 9.87. The fourth-order valence-electron chi connectivity index (χ4n) is 2.63. The van der Waals surface area contributed by atoms with E-state index in [0.29, 0.717) is 0 Å². The fourth-order valence-corrected chi connectivity index (χ4v) is 4.27. The number of hydrogen-bond acceptors (Lipinski definition) is 1. The summed E-state index contributed by atoms with van der Waals surface area (Å²) in [5.41, 5.74) is 2.40. The van der Waals surface area contributed by atoms with Crippen LogP contribution in [0.15, 0.2) is 24.3 Å². The molecule has 1 aromatic rings. The summed E-state index contributed by atoms with van der Waals surface area (Å²) in [5, 5.41) is 0. The van der Waals surface area contributed by atoms with Gasteiger partial charge in [-0.15, -0.1) is 8.58 Å². The zero-order valence-corrected chi connectivity index (χ0v) is 11.7. The van der Waals surface area contributed by atoms with Crippen molar-refractivity contribution in [2.75, 3.05) is 13.3 Å². The molecule has 17 heavy (non-hydrogen) atoms. The minimum atomic E-state index is 1.03. The molecule has 0 spiro atoms. The average molecular weight is 250 g/mol. The second kappa shape index (κ2) is 7.01. The topological polar surface area (TPSA) is 9.23 Å². The normalized spacial score (nSPS) is 17.7. The molecule has 0 saturated heterocycles. The first kappa shape index (κ1) is 12.9. The fraction of sp³-hybridized carbons (Fsp3) is 0.600. The van der Waals surface area contributed by atoms with Crippen LogP contribution in [0.4, 0.5) is 0 Å². The van der Waals surface area contributed by atoms with Gasteiger partial charge in [-0.3, -0.25) is 0 Å². The maximum atomic E-state index is 5.39. The molecule has 1 unspecified atom stereocenters. The van der Waals surface area contributed by atoms with E-state index in [4.69, 9.17) is 4.74 Å². The molecule has 2 rings (SSSR count). The third-order valence-electron chi connectivity index (χ3n) is 3.63. The highest BCUT2D eigenvalue weighted by atomic mass is 31.1. The van der Waals surface area contributed by atoms with Gasteiger partial charge in [-0.05, 0) is 42.7 Å². The van der Waals surface area contributed by atoms with Gasteiger partial charge in [0.05, 0.1) is 7.11 Å². The van der Waals surface area contributed by atoms with E-state index < -0.39 is 0 Å². The van der Waals surface area contributed by atoms with Crippen molar-refractivity contribution in [2.45, 2.75) is 44.2 Å². The highest BCUT2D eigenvalue weighted by Gasteiger charge is 2.12. The zero-order valence-electron chi connectivity index (χ0n) is 10.7. The molecule has 0 heterocycles. The Balaban J connectivity index is 1.77. The van der Waals surface area contributed by atoms with Crippen molar-refractivity contribution in [2.24, 2.45) is 0 Å². The summed E-state index contributed by atoms with van der Waals surface area (Å²) in [6, 6.07) is 8.43. The maximum absolute atomic E-state index is 5.39. The maximum Gasteiger partial charge on any atom is 0.122 e. The van der Waals surface area contributed by atoms with Crippen LogP contribution in [-0.2, 0) is 6.42 Å². The lowest BCUT2D eigenvalue weighted by Gasteiger charge is -2.21. The molecule has 0 radical (unpaired) electrons. The van der Waals surface area contributed by atoms with E-state index in [2.05, 4.69) is 18.2 Å². The van der Waals surface area contributed by atoms with Gasteiger partial charge in [0.2, 0.25) is 0 Å². The van der Waals surface area contributed by atoms with Crippen molar-refractivity contribution in [1.82, 2.24) is 0 Å². The van der Waals surface area contributed by atoms with Crippen LogP contribution < -0.4 is 4.74 Å². The second-order valence-corrected chi connectivity index (χ2v) is 6.58. The third kappa shape index (κ3) is 4.00. The van der Waals surface area contributed by atoms with Gasteiger partial charge in [0.15, 0.2) is 0 Å². The van der Waals surface area contributed by atoms with E-state index in [1.54, 1.807) is 7.11 Å². The molecular weight excluding hydrogens is 227 g/mol. The van der Waals surface area contributed by atoms with Gasteiger partial charge >= 0.3 is 0 Å². The molecule has 0 aromatic heterocycles. The van der Waals surface area contributed by atoms with Gasteiger partial charge in [0.25, 0.3) is 0 Å². The summed E-state index contributed by atoms with van der Waals surface area (Å²) >= 11 is 0. The minimum absolute atomic E-state index is 1.03. The van der Waals surface area contributed by atoms with Crippen molar-refractivity contribution in [3.8, 4) is 5.75 Å². The Morgan fingerprint density at radius 3 is 2.71 bits per heavy atom. The Labute approximate surface area is 107 Å². The van der Waals surface area contributed by atoms with Gasteiger partial charge in [0, 0.05) is 0 Å². The van der Waals surface area contributed by atoms with Crippen LogP contribution in [-0.4, -0.2) is 18.9 Å². The molecule has 0 amide bonds. The first-order chi connectivity index (χ1) is 8.40. The van der Waals surface area contributed by atoms with Gasteiger partial charge in [0.1, 0.15) is 5.75 Å². The number of rotatable bonds is 5. The Kier molecular flexibility index (Phi) is 5.32. The van der Waals surface area contributed by atoms with Crippen molar-refractivity contribution < 1.29 is 4.74 Å². The van der Waals surface area contributed by atoms with Crippen LogP contribution in [0, 0.1) is 0 Å². The van der Waals surface area contributed by atoms with E-state index in [1.165, 1.54) is 50.3 Å². The quantitative estimate of drug-likeness (QED) is 0.710. The zero-order chi connectivity index (χ0) is 11.9. The largest absolute Gasteiger partial charge is 0.496 e. The molecule has 1 saturated carbocycles. The van der Waals surface area contributed by atoms with Crippen molar-refractivity contribution in [3.63, 3.8) is 0 Å². The first-order valence-corrected chi connectivity index (χ1v) is 8.04. The van der Waals surface area contributed by atoms with E-state index in [-0.39, 0.29) is 0 Å². The molecule has 1 fully saturated rings. The van der Waals surface area contributed by atoms with Crippen molar-refractivity contribution in [3.05, 3.63) is 29.8 Å². The Bertz CT molecular complexity index is 331. The van der Waals surface area contributed by atoms with Gasteiger partial charge in [-0.2, -0.15) is 0 Å². The summed E-state index contributed by atoms with van der Waals surface area (Å²) in [6.45, 7) is 0. The van der Waals surface area contributed by atoms with Gasteiger partial charge in [-0.1, -0.05) is 37.5 Å². The van der Waals surface area contributed by atoms with Crippen LogP contribution in [0.25, 0.3) is 0 Å². The van der Waals surface area contributed by atoms with Gasteiger partial charge in [-0.25, -0.2) is 0 Å². The summed E-state index contributed by atoms with van der Waals surface area (Å²) in [5.74, 6) is 1.06. The number of ether oxygens (including phenoxy) is 1. The SMILES string of the molecule is COc1ccccc1CCPC1CCCCC1. The van der Waals surface area contributed by atoms with Crippen molar-refractivity contribution >= 4 is 8.58 Å². The lowest BCUT2D eigenvalue weighted by Crippen LogP contribution is -2.07. The predicted octanol–water partition coefficient (Wildman–Crippen LogP) is 4.25. The molecule has 2 heteroatoms. The Morgan fingerprint density at radius 1 is 1.18 bits per heavy atom. The highest BCUT2D eigenvalue weighted by Crippen LogP contribution is 2.33. The van der Waals surface area contributed by atoms with Gasteiger partial charge < -0.3 is 4.74 Å². The lowest BCUT2D eigenvalue weighted by molar-refractivity contribution is 0.410. The number of benzene rings is 1. The molecular formula is C15H23OP. The number of hydrogen-bond donors (Lipinski definition) is 0. The van der Waals surface area contributed by atoms with Crippen LogP contribution >= 0.6 is 8.58 Å². The van der Waals surface area contributed by atoms with E-state index in [1.807, 2.05) is 6.07 Å². The minimum Gasteiger partial charge on any atom is -0.496 e. The van der Waals surface area contributed by atoms with Crippen LogP contribution in [0.3, 0.4) is 0 Å². The smallest absolute Gasteiger partial charge is 0.122 e. The molecule has 0 bridgehead atoms. The van der Waals surface area contributed by atoms with E-state index >= 15 is 0 Å². The van der Waals surface area contributed by atoms with Crippen LogP contribution in [0.2, 0.25) is 0 Å². The van der Waals surface area contributed by atoms with Crippen LogP contribution in [0.5, 0.6) is 5.75 Å². The molecule has 0 aliphatic heterocycles. The van der Waals surface area contributed by atoms with Crippen LogP contribution in [0.1, 0.15) is 37.7 Å². The standard InChI is InChI=1S/C15H23OP/c1-16-15-10-6-5-7-13(15)11-12-17-14-8-3-2-4-9-14/h5-7,10,14,17H,2-4,8-9,11-12H2,1H3. The number of aryl methyl sites for hydroxylation is 1. The monoisotopic (exact) mass is 250 g/mol. The highest BCUT2D eigenvalue weighted by molar-refractivity contribution is 7.38. The number of methoxy groups -OCH3 is 1. The first-order valence-electron chi connectivity index (χ1n) is 6.75. The summed E-state index contributed by atoms with van der Waals surface area (Å²) < 4.78 is 5.39. The molecule has 1 aromatic carbocycles. The molecule has 1 aliphatic carbocycles. The average Bonchev–Trinajstić information content (AvgIpc) is 2.40. The Morgan fingerprint density at radius 2 is 1.94 bits per heavy atom. The predicted molar refractivity (Wildman–Crippen MR) is 76.8 cm³/mol. The molecule has 1 nitrogen and oxygen atoms in total. The molecule has 1 atom stereocenters. The summed E-state index contributed by atoms with van der Waals surface area (Å²) in [4.78, 5) is 0. The lowest BCUT2D eigenvalue weighted by atomic mass is 10.0. The Hall–Kier alpha value is -0.550. The van der Waals surface area contributed by atoms with E-state index in [9.17, 15) is 0 Å². The summed E-state index contributed by atoms with van der Waals surface area (Å²) in [7, 11) is 2.92. The molecule has 1 aliphatic rings. The second-order valence-electron chi connectivity index (χ2n) is 4.85. The van der Waals surface area contributed by atoms with Crippen molar-refractivity contribution in [1.29, 1.82) is 0 Å². The van der Waals surface area contributed by atoms with E-state index in [0.717, 1.165) is 20.0 Å².